The number of hydrogen-bond donors (Lipinski definition) is 2. The standard InChI is InChI=1S/C17H20N4O4S/c1-3-4-9-20-26(23,24)14-8-6-5-7-13(14)21-11-12(10-18)15(19)16(21)17(22)25-2/h5-8,11,20H,3-4,9,19H2,1-2H3. The third-order valence-electron chi connectivity index (χ3n) is 3.78. The van der Waals surface area contributed by atoms with Crippen LogP contribution in [0.25, 0.3) is 5.69 Å². The van der Waals surface area contributed by atoms with Gasteiger partial charge in [0.1, 0.15) is 11.0 Å². The maximum Gasteiger partial charge on any atom is 0.357 e. The van der Waals surface area contributed by atoms with Gasteiger partial charge in [0, 0.05) is 12.7 Å². The van der Waals surface area contributed by atoms with Gasteiger partial charge < -0.3 is 15.0 Å². The molecule has 1 aromatic heterocycles. The number of nitrogens with one attached hydrogen (secondary N) is 1. The summed E-state index contributed by atoms with van der Waals surface area (Å²) in [6.45, 7) is 2.26. The first-order chi connectivity index (χ1) is 12.4. The molecule has 0 amide bonds. The normalized spacial score (nSPS) is 11.1. The van der Waals surface area contributed by atoms with E-state index in [1.54, 1.807) is 12.1 Å². The summed E-state index contributed by atoms with van der Waals surface area (Å²) < 4.78 is 33.9. The van der Waals surface area contributed by atoms with Gasteiger partial charge in [-0.1, -0.05) is 25.5 Å². The van der Waals surface area contributed by atoms with E-state index in [0.717, 1.165) is 6.42 Å². The van der Waals surface area contributed by atoms with E-state index in [2.05, 4.69) is 4.72 Å². The van der Waals surface area contributed by atoms with Gasteiger partial charge in [-0.15, -0.1) is 0 Å². The van der Waals surface area contributed by atoms with Crippen molar-refractivity contribution < 1.29 is 17.9 Å². The Bertz CT molecular complexity index is 958. The third kappa shape index (κ3) is 3.71. The van der Waals surface area contributed by atoms with Gasteiger partial charge in [0.15, 0.2) is 5.69 Å². The van der Waals surface area contributed by atoms with Crippen molar-refractivity contribution >= 4 is 21.7 Å². The van der Waals surface area contributed by atoms with Gasteiger partial charge in [0.2, 0.25) is 10.0 Å². The van der Waals surface area contributed by atoms with E-state index < -0.39 is 16.0 Å². The number of carbonyl (C=O) groups is 1. The second-order valence-corrected chi connectivity index (χ2v) is 7.23. The van der Waals surface area contributed by atoms with Crippen LogP contribution in [-0.4, -0.2) is 32.6 Å². The molecule has 8 nitrogen and oxygen atoms in total. The van der Waals surface area contributed by atoms with E-state index in [9.17, 15) is 18.5 Å². The molecule has 0 saturated carbocycles. The first kappa shape index (κ1) is 19.5. The fourth-order valence-electron chi connectivity index (χ4n) is 2.45. The van der Waals surface area contributed by atoms with E-state index in [0.29, 0.717) is 13.0 Å². The fraction of sp³-hybridized carbons (Fsp3) is 0.294. The van der Waals surface area contributed by atoms with Gasteiger partial charge in [-0.25, -0.2) is 17.9 Å². The molecular formula is C17H20N4O4S. The molecule has 0 saturated heterocycles. The highest BCUT2D eigenvalue weighted by Crippen LogP contribution is 2.28. The van der Waals surface area contributed by atoms with Crippen molar-refractivity contribution in [2.45, 2.75) is 24.7 Å². The monoisotopic (exact) mass is 376 g/mol. The van der Waals surface area contributed by atoms with Crippen LogP contribution in [0.2, 0.25) is 0 Å². The highest BCUT2D eigenvalue weighted by Gasteiger charge is 2.26. The van der Waals surface area contributed by atoms with Gasteiger partial charge in [0.05, 0.1) is 24.0 Å². The average molecular weight is 376 g/mol. The van der Waals surface area contributed by atoms with Gasteiger partial charge in [0.25, 0.3) is 0 Å². The Kier molecular flexibility index (Phi) is 6.02. The van der Waals surface area contributed by atoms with Crippen molar-refractivity contribution in [3.8, 4) is 11.8 Å². The van der Waals surface area contributed by atoms with Crippen molar-refractivity contribution in [1.29, 1.82) is 5.26 Å². The topological polar surface area (TPSA) is 127 Å². The number of nitriles is 1. The van der Waals surface area contributed by atoms with Crippen molar-refractivity contribution in [3.63, 3.8) is 0 Å². The molecule has 1 aromatic carbocycles. The number of benzene rings is 1. The zero-order valence-electron chi connectivity index (χ0n) is 14.5. The molecule has 0 unspecified atom stereocenters. The summed E-state index contributed by atoms with van der Waals surface area (Å²) in [5, 5.41) is 9.20. The zero-order valence-corrected chi connectivity index (χ0v) is 15.3. The summed E-state index contributed by atoms with van der Waals surface area (Å²) in [4.78, 5) is 12.1. The smallest absolute Gasteiger partial charge is 0.357 e. The Morgan fingerprint density at radius 2 is 2.08 bits per heavy atom. The number of ether oxygens (including phenoxy) is 1. The van der Waals surface area contributed by atoms with Crippen molar-refractivity contribution in [2.75, 3.05) is 19.4 Å². The number of esters is 1. The summed E-state index contributed by atoms with van der Waals surface area (Å²) in [7, 11) is -2.64. The molecule has 9 heteroatoms. The van der Waals surface area contributed by atoms with E-state index in [1.807, 2.05) is 13.0 Å². The minimum atomic E-state index is -3.82. The van der Waals surface area contributed by atoms with E-state index >= 15 is 0 Å². The molecule has 3 N–H and O–H groups in total. The van der Waals surface area contributed by atoms with E-state index in [1.165, 1.54) is 30.0 Å². The zero-order chi connectivity index (χ0) is 19.3. The van der Waals surface area contributed by atoms with Crippen LogP contribution >= 0.6 is 0 Å². The second kappa shape index (κ2) is 8.03. The first-order valence-electron chi connectivity index (χ1n) is 7.95. The van der Waals surface area contributed by atoms with Crippen LogP contribution in [0.5, 0.6) is 0 Å². The van der Waals surface area contributed by atoms with Crippen molar-refractivity contribution in [1.82, 2.24) is 9.29 Å². The molecule has 0 radical (unpaired) electrons. The number of methoxy groups -OCH3 is 1. The number of nitrogens with two attached hydrogens (primary N) is 1. The SMILES string of the molecule is CCCCNS(=O)(=O)c1ccccc1-n1cc(C#N)c(N)c1C(=O)OC. The Labute approximate surface area is 152 Å². The predicted octanol–water partition coefficient (Wildman–Crippen LogP) is 1.80. The summed E-state index contributed by atoms with van der Waals surface area (Å²) in [6.07, 6.45) is 2.86. The minimum absolute atomic E-state index is 0.0271. The molecule has 0 bridgehead atoms. The molecule has 2 aromatic rings. The number of sulfonamides is 1. The number of hydrogen-bond acceptors (Lipinski definition) is 6. The molecular weight excluding hydrogens is 356 g/mol. The summed E-state index contributed by atoms with van der Waals surface area (Å²) in [6, 6.07) is 8.04. The highest BCUT2D eigenvalue weighted by atomic mass is 32.2. The lowest BCUT2D eigenvalue weighted by Gasteiger charge is -2.14. The number of nitrogens with zero attached hydrogens (tertiary/aromatic N) is 2. The Morgan fingerprint density at radius 1 is 1.38 bits per heavy atom. The maximum atomic E-state index is 12.7. The quantitative estimate of drug-likeness (QED) is 0.560. The Morgan fingerprint density at radius 3 is 2.69 bits per heavy atom. The lowest BCUT2D eigenvalue weighted by Crippen LogP contribution is -2.26. The molecule has 0 spiro atoms. The number of aromatic nitrogens is 1. The molecule has 26 heavy (non-hydrogen) atoms. The van der Waals surface area contributed by atoms with Crippen LogP contribution in [0.1, 0.15) is 35.8 Å². The van der Waals surface area contributed by atoms with Gasteiger partial charge in [-0.05, 0) is 18.6 Å². The molecule has 0 aliphatic carbocycles. The predicted molar refractivity (Wildman–Crippen MR) is 96.3 cm³/mol. The van der Waals surface area contributed by atoms with Gasteiger partial charge >= 0.3 is 5.97 Å². The molecule has 138 valence electrons. The van der Waals surface area contributed by atoms with Crippen LogP contribution < -0.4 is 10.5 Å². The number of nitrogen functional groups attached to an aromatic ring is 1. The first-order valence-corrected chi connectivity index (χ1v) is 9.44. The largest absolute Gasteiger partial charge is 0.464 e. The number of carbonyl (C=O) groups excluding carboxylic acids is 1. The van der Waals surface area contributed by atoms with Crippen LogP contribution in [-0.2, 0) is 14.8 Å². The van der Waals surface area contributed by atoms with Crippen LogP contribution in [0.15, 0.2) is 35.4 Å². The van der Waals surface area contributed by atoms with Crippen LogP contribution in [0.4, 0.5) is 5.69 Å². The van der Waals surface area contributed by atoms with Gasteiger partial charge in [-0.3, -0.25) is 0 Å². The lowest BCUT2D eigenvalue weighted by atomic mass is 10.2. The number of para-hydroxylation sites is 1. The Balaban J connectivity index is 2.65. The Hall–Kier alpha value is -2.83. The highest BCUT2D eigenvalue weighted by molar-refractivity contribution is 7.89. The van der Waals surface area contributed by atoms with E-state index in [-0.39, 0.29) is 27.5 Å². The van der Waals surface area contributed by atoms with Crippen molar-refractivity contribution in [2.24, 2.45) is 0 Å². The lowest BCUT2D eigenvalue weighted by molar-refractivity contribution is 0.0593. The minimum Gasteiger partial charge on any atom is -0.464 e. The number of anilines is 1. The molecule has 0 aliphatic rings. The van der Waals surface area contributed by atoms with E-state index in [4.69, 9.17) is 10.5 Å². The van der Waals surface area contributed by atoms with Crippen molar-refractivity contribution in [3.05, 3.63) is 41.7 Å². The molecule has 0 aliphatic heterocycles. The fourth-order valence-corrected chi connectivity index (χ4v) is 3.72. The summed E-state index contributed by atoms with van der Waals surface area (Å²) in [5.41, 5.74) is 5.97. The maximum absolute atomic E-state index is 12.7. The van der Waals surface area contributed by atoms with Crippen LogP contribution in [0.3, 0.4) is 0 Å². The number of unbranched alkanes of at least 4 members (excludes halogenated alkanes) is 1. The van der Waals surface area contributed by atoms with Crippen LogP contribution in [0, 0.1) is 11.3 Å². The number of rotatable bonds is 7. The van der Waals surface area contributed by atoms with Gasteiger partial charge in [-0.2, -0.15) is 5.26 Å². The summed E-state index contributed by atoms with van der Waals surface area (Å²) in [5.74, 6) is -0.768. The molecule has 2 rings (SSSR count). The molecule has 0 fully saturated rings. The third-order valence-corrected chi connectivity index (χ3v) is 5.29. The second-order valence-electron chi connectivity index (χ2n) is 5.50. The average Bonchev–Trinajstić information content (AvgIpc) is 2.97. The molecule has 1 heterocycles. The summed E-state index contributed by atoms with van der Waals surface area (Å²) >= 11 is 0. The molecule has 0 atom stereocenters.